The number of Topliss-reactive ketones (excluding diaryl/α,β-unsaturated/α-hetero) is 1. The fourth-order valence-electron chi connectivity index (χ4n) is 4.14. The second kappa shape index (κ2) is 9.74. The van der Waals surface area contributed by atoms with Crippen LogP contribution in [0.25, 0.3) is 5.76 Å². The molecule has 1 fully saturated rings. The predicted molar refractivity (Wildman–Crippen MR) is 131 cm³/mol. The molecule has 0 saturated carbocycles. The Balaban J connectivity index is 1.93. The van der Waals surface area contributed by atoms with Crippen molar-refractivity contribution in [2.75, 3.05) is 11.5 Å². The summed E-state index contributed by atoms with van der Waals surface area (Å²) in [4.78, 5) is 27.8. The zero-order valence-electron chi connectivity index (χ0n) is 19.4. The third-order valence-electron chi connectivity index (χ3n) is 5.95. The summed E-state index contributed by atoms with van der Waals surface area (Å²) >= 11 is 0. The van der Waals surface area contributed by atoms with E-state index in [1.54, 1.807) is 55.5 Å². The first kappa shape index (κ1) is 23.6. The van der Waals surface area contributed by atoms with Gasteiger partial charge in [0.1, 0.15) is 5.76 Å². The molecule has 0 spiro atoms. The van der Waals surface area contributed by atoms with E-state index in [0.717, 1.165) is 12.0 Å². The topological polar surface area (TPSA) is 111 Å². The fraction of sp³-hybridized carbons (Fsp3) is 0.179. The van der Waals surface area contributed by atoms with E-state index in [4.69, 9.17) is 10.00 Å². The lowest BCUT2D eigenvalue weighted by Gasteiger charge is -2.26. The van der Waals surface area contributed by atoms with Gasteiger partial charge in [0, 0.05) is 11.3 Å². The van der Waals surface area contributed by atoms with Crippen LogP contribution in [0.2, 0.25) is 0 Å². The van der Waals surface area contributed by atoms with Crippen LogP contribution in [0, 0.1) is 11.3 Å². The zero-order valence-corrected chi connectivity index (χ0v) is 19.4. The molecule has 1 aliphatic heterocycles. The summed E-state index contributed by atoms with van der Waals surface area (Å²) in [6.07, 6.45) is 0.817. The van der Waals surface area contributed by atoms with Crippen molar-refractivity contribution in [3.8, 4) is 17.6 Å². The van der Waals surface area contributed by atoms with Crippen molar-refractivity contribution >= 4 is 23.1 Å². The van der Waals surface area contributed by atoms with Crippen LogP contribution in [-0.2, 0) is 16.0 Å². The van der Waals surface area contributed by atoms with E-state index < -0.39 is 17.7 Å². The number of ketones is 1. The highest BCUT2D eigenvalue weighted by Gasteiger charge is 2.47. The highest BCUT2D eigenvalue weighted by molar-refractivity contribution is 6.51. The van der Waals surface area contributed by atoms with E-state index in [9.17, 15) is 19.8 Å². The second-order valence-corrected chi connectivity index (χ2v) is 8.04. The lowest BCUT2D eigenvalue weighted by atomic mass is 9.94. The number of anilines is 1. The van der Waals surface area contributed by atoms with Crippen molar-refractivity contribution in [2.24, 2.45) is 0 Å². The molecule has 35 heavy (non-hydrogen) atoms. The second-order valence-electron chi connectivity index (χ2n) is 8.04. The first-order chi connectivity index (χ1) is 16.9. The molecule has 7 nitrogen and oxygen atoms in total. The van der Waals surface area contributed by atoms with Crippen LogP contribution in [0.5, 0.6) is 11.5 Å². The molecule has 4 rings (SSSR count). The summed E-state index contributed by atoms with van der Waals surface area (Å²) in [7, 11) is 0. The van der Waals surface area contributed by atoms with E-state index in [0.29, 0.717) is 29.0 Å². The third kappa shape index (κ3) is 4.34. The molecule has 1 heterocycles. The van der Waals surface area contributed by atoms with E-state index in [1.165, 1.54) is 11.0 Å². The van der Waals surface area contributed by atoms with Crippen LogP contribution in [-0.4, -0.2) is 28.5 Å². The number of aliphatic hydroxyl groups is 1. The van der Waals surface area contributed by atoms with Crippen LogP contribution >= 0.6 is 0 Å². The number of phenols is 1. The van der Waals surface area contributed by atoms with E-state index in [1.807, 2.05) is 25.1 Å². The maximum atomic E-state index is 13.3. The molecule has 2 N–H and O–H groups in total. The first-order valence-electron chi connectivity index (χ1n) is 11.3. The van der Waals surface area contributed by atoms with Gasteiger partial charge in [-0.2, -0.15) is 5.26 Å². The molecule has 1 saturated heterocycles. The number of hydrogen-bond acceptors (Lipinski definition) is 6. The molecule has 0 aliphatic carbocycles. The number of ether oxygens (including phenoxy) is 1. The number of carbonyl (C=O) groups is 2. The van der Waals surface area contributed by atoms with Crippen LogP contribution in [0.4, 0.5) is 5.69 Å². The molecule has 176 valence electrons. The number of nitriles is 1. The average molecular weight is 469 g/mol. The number of rotatable bonds is 6. The Bertz CT molecular complexity index is 1350. The average Bonchev–Trinajstić information content (AvgIpc) is 3.15. The van der Waals surface area contributed by atoms with Gasteiger partial charge >= 0.3 is 0 Å². The molecular formula is C28H24N2O5. The van der Waals surface area contributed by atoms with Gasteiger partial charge in [0.2, 0.25) is 0 Å². The molecule has 3 aromatic rings. The molecule has 1 aliphatic rings. The lowest BCUT2D eigenvalue weighted by Crippen LogP contribution is -2.29. The number of aliphatic hydroxyl groups excluding tert-OH is 1. The van der Waals surface area contributed by atoms with Gasteiger partial charge in [-0.25, -0.2) is 0 Å². The van der Waals surface area contributed by atoms with Crippen LogP contribution in [0.3, 0.4) is 0 Å². The van der Waals surface area contributed by atoms with E-state index in [2.05, 4.69) is 0 Å². The number of benzene rings is 3. The lowest BCUT2D eigenvalue weighted by molar-refractivity contribution is -0.132. The monoisotopic (exact) mass is 468 g/mol. The minimum atomic E-state index is -0.978. The SMILES string of the molecule is CCOc1cc(C2/C(=C(/O)c3ccc(CC)cc3)C(=O)C(=O)N2c2ccc(C#N)cc2)ccc1O. The largest absolute Gasteiger partial charge is 0.507 e. The van der Waals surface area contributed by atoms with Crippen molar-refractivity contribution in [3.05, 3.63) is 94.6 Å². The summed E-state index contributed by atoms with van der Waals surface area (Å²) < 4.78 is 5.51. The van der Waals surface area contributed by atoms with Crippen molar-refractivity contribution in [3.63, 3.8) is 0 Å². The van der Waals surface area contributed by atoms with Crippen molar-refractivity contribution in [1.82, 2.24) is 0 Å². The molecule has 0 bridgehead atoms. The van der Waals surface area contributed by atoms with Gasteiger partial charge in [-0.1, -0.05) is 37.3 Å². The Morgan fingerprint density at radius 1 is 1.03 bits per heavy atom. The molecule has 3 aromatic carbocycles. The van der Waals surface area contributed by atoms with Gasteiger partial charge in [-0.3, -0.25) is 14.5 Å². The quantitative estimate of drug-likeness (QED) is 0.304. The van der Waals surface area contributed by atoms with Gasteiger partial charge in [-0.05, 0) is 60.9 Å². The normalized spacial score (nSPS) is 16.8. The van der Waals surface area contributed by atoms with Crippen LogP contribution < -0.4 is 9.64 Å². The molecule has 0 aromatic heterocycles. The number of amides is 1. The van der Waals surface area contributed by atoms with E-state index in [-0.39, 0.29) is 22.8 Å². The molecule has 7 heteroatoms. The van der Waals surface area contributed by atoms with Gasteiger partial charge in [0.05, 0.1) is 29.9 Å². The summed E-state index contributed by atoms with van der Waals surface area (Å²) in [6, 6.07) is 19.0. The minimum absolute atomic E-state index is 0.0725. The Morgan fingerprint density at radius 3 is 2.31 bits per heavy atom. The van der Waals surface area contributed by atoms with E-state index >= 15 is 0 Å². The molecule has 1 amide bonds. The third-order valence-corrected chi connectivity index (χ3v) is 5.95. The number of nitrogens with zero attached hydrogens (tertiary/aromatic N) is 2. The Hall–Kier alpha value is -4.57. The minimum Gasteiger partial charge on any atom is -0.507 e. The predicted octanol–water partition coefficient (Wildman–Crippen LogP) is 4.85. The van der Waals surface area contributed by atoms with Crippen LogP contribution in [0.15, 0.2) is 72.3 Å². The summed E-state index contributed by atoms with van der Waals surface area (Å²) in [5.41, 5.74) is 2.67. The first-order valence-corrected chi connectivity index (χ1v) is 11.3. The van der Waals surface area contributed by atoms with Gasteiger partial charge < -0.3 is 14.9 Å². The van der Waals surface area contributed by atoms with Crippen molar-refractivity contribution in [1.29, 1.82) is 5.26 Å². The highest BCUT2D eigenvalue weighted by atomic mass is 16.5. The Morgan fingerprint density at radius 2 is 1.71 bits per heavy atom. The molecule has 1 unspecified atom stereocenters. The number of hydrogen-bond donors (Lipinski definition) is 2. The van der Waals surface area contributed by atoms with Crippen molar-refractivity contribution in [2.45, 2.75) is 26.3 Å². The zero-order chi connectivity index (χ0) is 25.1. The number of carbonyl (C=O) groups excluding carboxylic acids is 2. The Labute approximate surface area is 203 Å². The maximum Gasteiger partial charge on any atom is 0.300 e. The smallest absolute Gasteiger partial charge is 0.300 e. The number of aryl methyl sites for hydroxylation is 1. The van der Waals surface area contributed by atoms with Gasteiger partial charge in [0.15, 0.2) is 11.5 Å². The van der Waals surface area contributed by atoms with Crippen LogP contribution in [0.1, 0.15) is 42.1 Å². The molecule has 0 radical (unpaired) electrons. The Kier molecular flexibility index (Phi) is 6.56. The highest BCUT2D eigenvalue weighted by Crippen LogP contribution is 2.44. The van der Waals surface area contributed by atoms with Gasteiger partial charge in [-0.15, -0.1) is 0 Å². The maximum absolute atomic E-state index is 13.3. The van der Waals surface area contributed by atoms with Gasteiger partial charge in [0.25, 0.3) is 11.7 Å². The standard InChI is InChI=1S/C28H24N2O5/c1-3-17-5-9-19(10-6-17)26(32)24-25(20-11-14-22(31)23(15-20)35-4-2)30(28(34)27(24)33)21-12-7-18(16-29)8-13-21/h5-15,25,31-32H,3-4H2,1-2H3/b26-24-. The summed E-state index contributed by atoms with van der Waals surface area (Å²) in [5.74, 6) is -1.82. The molecule has 1 atom stereocenters. The number of phenolic OH excluding ortho intramolecular Hbond substituents is 1. The summed E-state index contributed by atoms with van der Waals surface area (Å²) in [5, 5.41) is 30.6. The fourth-order valence-corrected chi connectivity index (χ4v) is 4.14. The summed E-state index contributed by atoms with van der Waals surface area (Å²) in [6.45, 7) is 4.09. The van der Waals surface area contributed by atoms with Crippen molar-refractivity contribution < 1.29 is 24.5 Å². The molecular weight excluding hydrogens is 444 g/mol. The number of aromatic hydroxyl groups is 1.